The van der Waals surface area contributed by atoms with Gasteiger partial charge in [0.2, 0.25) is 29.5 Å². The number of nitrogens with one attached hydrogen (secondary N) is 5. The summed E-state index contributed by atoms with van der Waals surface area (Å²) in [6.45, 7) is -0.395. The van der Waals surface area contributed by atoms with Gasteiger partial charge in [0, 0.05) is 42.7 Å². The highest BCUT2D eigenvalue weighted by molar-refractivity contribution is 8.00. The van der Waals surface area contributed by atoms with Gasteiger partial charge in [-0.3, -0.25) is 24.0 Å². The Morgan fingerprint density at radius 1 is 0.837 bits per heavy atom. The Morgan fingerprint density at radius 3 is 2.35 bits per heavy atom. The molecule has 0 saturated carbocycles. The molecule has 2 aromatic carbocycles. The van der Waals surface area contributed by atoms with E-state index in [1.807, 2.05) is 54.2 Å². The van der Waals surface area contributed by atoms with Gasteiger partial charge in [0.15, 0.2) is 0 Å². The second-order valence-electron chi connectivity index (χ2n) is 12.4. The Kier molecular flexibility index (Phi) is 10.5. The van der Waals surface area contributed by atoms with Gasteiger partial charge in [0.1, 0.15) is 6.61 Å². The third-order valence-corrected chi connectivity index (χ3v) is 10.7. The number of unbranched alkanes of at least 4 members (excludes halogenated alkanes) is 1. The number of ether oxygens (including phenoxy) is 1. The van der Waals surface area contributed by atoms with Crippen molar-refractivity contribution >= 4 is 53.4 Å². The molecule has 15 heteroatoms. The maximum absolute atomic E-state index is 12.6. The van der Waals surface area contributed by atoms with Crippen LogP contribution in [0.25, 0.3) is 11.1 Å². The third kappa shape index (κ3) is 7.71. The molecule has 0 spiro atoms. The van der Waals surface area contributed by atoms with Crippen LogP contribution >= 0.6 is 11.8 Å². The number of fused-ring (bicyclic) bond motifs is 4. The zero-order valence-electron chi connectivity index (χ0n) is 26.8. The molecule has 0 bridgehead atoms. The molecule has 3 saturated heterocycles. The minimum Gasteiger partial charge on any atom is -0.448 e. The predicted octanol–water partition coefficient (Wildman–Crippen LogP) is 1.66. The van der Waals surface area contributed by atoms with Crippen LogP contribution in [0.4, 0.5) is 9.59 Å². The molecular formula is C34H38N6O8S. The molecule has 1 unspecified atom stereocenters. The molecule has 49 heavy (non-hydrogen) atoms. The number of hydrogen-bond donors (Lipinski definition) is 5. The van der Waals surface area contributed by atoms with Gasteiger partial charge in [-0.25, -0.2) is 9.59 Å². The van der Waals surface area contributed by atoms with Crippen LogP contribution in [-0.2, 0) is 35.3 Å². The maximum atomic E-state index is 12.6. The van der Waals surface area contributed by atoms with E-state index in [1.54, 1.807) is 0 Å². The summed E-state index contributed by atoms with van der Waals surface area (Å²) in [5, 5.41) is 14.2. The fourth-order valence-corrected chi connectivity index (χ4v) is 8.34. The van der Waals surface area contributed by atoms with E-state index < -0.39 is 29.7 Å². The van der Waals surface area contributed by atoms with Crippen LogP contribution in [0, 0.1) is 0 Å². The molecule has 8 amide bonds. The van der Waals surface area contributed by atoms with Gasteiger partial charge in [0.25, 0.3) is 0 Å². The molecule has 3 fully saturated rings. The number of likely N-dealkylation sites (tertiary alicyclic amines) is 1. The average molecular weight is 691 g/mol. The van der Waals surface area contributed by atoms with Gasteiger partial charge < -0.3 is 31.3 Å². The summed E-state index contributed by atoms with van der Waals surface area (Å²) in [5.74, 6) is -1.71. The standard InChI is InChI=1S/C34H38N6O8S/c41-26(11-4-3-10-25-32-24(18-49-25)38-33(46)39-32)36-15-28(43)37-16-27(42)35-14-19-6-5-9-22-23(20-7-1-2-8-21(20)31(19)22)17-48-34(47)40-29(44)12-13-30(40)45/h1-2,5-9,23-25,32H,3-4,10-18H2,(H,35,42)(H,36,41)(H,37,43)(H2,38,39,46)/t23?,24-,25-,32-/m0/s1. The summed E-state index contributed by atoms with van der Waals surface area (Å²) >= 11 is 1.83. The Labute approximate surface area is 286 Å². The summed E-state index contributed by atoms with van der Waals surface area (Å²) < 4.78 is 5.45. The van der Waals surface area contributed by atoms with Crippen LogP contribution < -0.4 is 26.6 Å². The highest BCUT2D eigenvalue weighted by atomic mass is 32.2. The van der Waals surface area contributed by atoms with Crippen molar-refractivity contribution in [3.05, 3.63) is 59.2 Å². The van der Waals surface area contributed by atoms with E-state index in [0.717, 1.165) is 46.4 Å². The van der Waals surface area contributed by atoms with Gasteiger partial charge in [-0.2, -0.15) is 16.7 Å². The number of urea groups is 1. The lowest BCUT2D eigenvalue weighted by molar-refractivity contribution is -0.136. The number of nitrogens with zero attached hydrogens (tertiary/aromatic N) is 1. The summed E-state index contributed by atoms with van der Waals surface area (Å²) in [4.78, 5) is 85.7. The topological polar surface area (TPSA) is 192 Å². The van der Waals surface area contributed by atoms with E-state index in [0.29, 0.717) is 16.6 Å². The van der Waals surface area contributed by atoms with E-state index in [1.165, 1.54) is 0 Å². The first-order valence-electron chi connectivity index (χ1n) is 16.4. The van der Waals surface area contributed by atoms with E-state index in [4.69, 9.17) is 4.74 Å². The third-order valence-electron chi connectivity index (χ3n) is 9.22. The smallest absolute Gasteiger partial charge is 0.423 e. The second-order valence-corrected chi connectivity index (χ2v) is 13.7. The van der Waals surface area contributed by atoms with Gasteiger partial charge in [-0.15, -0.1) is 0 Å². The molecule has 6 rings (SSSR count). The molecule has 0 aromatic heterocycles. The first-order valence-corrected chi connectivity index (χ1v) is 17.5. The SMILES string of the molecule is O=C(CCCC[C@@H]1SC[C@@H]2NC(=O)N[C@@H]21)NCC(=O)NCC(=O)NCc1cccc2c1-c1ccccc1C2COC(=O)N1C(=O)CCC1=O. The molecule has 2 aromatic rings. The molecule has 4 aliphatic rings. The van der Waals surface area contributed by atoms with Gasteiger partial charge in [-0.05, 0) is 40.7 Å². The lowest BCUT2D eigenvalue weighted by atomic mass is 9.96. The van der Waals surface area contributed by atoms with Crippen molar-refractivity contribution in [3.63, 3.8) is 0 Å². The quantitative estimate of drug-likeness (QED) is 0.118. The average Bonchev–Trinajstić information content (AvgIpc) is 3.84. The maximum Gasteiger partial charge on any atom is 0.423 e. The molecule has 3 heterocycles. The first-order chi connectivity index (χ1) is 23.7. The van der Waals surface area contributed by atoms with Crippen molar-refractivity contribution in [3.8, 4) is 11.1 Å². The Hall–Kier alpha value is -4.92. The lowest BCUT2D eigenvalue weighted by Gasteiger charge is -2.17. The number of imide groups is 3. The minimum absolute atomic E-state index is 0.0115. The van der Waals surface area contributed by atoms with Crippen LogP contribution in [0.1, 0.15) is 61.1 Å². The fraction of sp³-hybridized carbons (Fsp3) is 0.441. The van der Waals surface area contributed by atoms with Crippen molar-refractivity contribution in [1.29, 1.82) is 0 Å². The normalized spacial score (nSPS) is 21.7. The summed E-state index contributed by atoms with van der Waals surface area (Å²) in [6, 6.07) is 13.5. The first kappa shape index (κ1) is 34.0. The summed E-state index contributed by atoms with van der Waals surface area (Å²) in [6.07, 6.45) is 1.70. The zero-order valence-corrected chi connectivity index (χ0v) is 27.6. The number of carbonyl (C=O) groups excluding carboxylic acids is 7. The molecule has 14 nitrogen and oxygen atoms in total. The number of hydrogen-bond acceptors (Lipinski definition) is 9. The molecule has 1 aliphatic carbocycles. The van der Waals surface area contributed by atoms with Crippen LogP contribution in [-0.4, -0.2) is 89.3 Å². The Bertz CT molecular complexity index is 1670. The van der Waals surface area contributed by atoms with Crippen molar-refractivity contribution in [2.24, 2.45) is 0 Å². The van der Waals surface area contributed by atoms with Crippen LogP contribution in [0.2, 0.25) is 0 Å². The Morgan fingerprint density at radius 2 is 1.55 bits per heavy atom. The second kappa shape index (κ2) is 15.1. The number of carbonyl (C=O) groups is 7. The van der Waals surface area contributed by atoms with E-state index in [9.17, 15) is 33.6 Å². The summed E-state index contributed by atoms with van der Waals surface area (Å²) in [5.41, 5.74) is 4.45. The highest BCUT2D eigenvalue weighted by Gasteiger charge is 2.42. The van der Waals surface area contributed by atoms with Crippen LogP contribution in [0.15, 0.2) is 42.5 Å². The van der Waals surface area contributed by atoms with Crippen LogP contribution in [0.5, 0.6) is 0 Å². The lowest BCUT2D eigenvalue weighted by Crippen LogP contribution is -2.41. The molecule has 3 aliphatic heterocycles. The summed E-state index contributed by atoms with van der Waals surface area (Å²) in [7, 11) is 0. The van der Waals surface area contributed by atoms with Gasteiger partial charge in [0.05, 0.1) is 25.2 Å². The van der Waals surface area contributed by atoms with Crippen molar-refractivity contribution in [2.75, 3.05) is 25.4 Å². The van der Waals surface area contributed by atoms with E-state index in [-0.39, 0.29) is 75.4 Å². The van der Waals surface area contributed by atoms with Crippen LogP contribution in [0.3, 0.4) is 0 Å². The number of amides is 8. The number of rotatable bonds is 13. The minimum atomic E-state index is -0.976. The predicted molar refractivity (Wildman–Crippen MR) is 178 cm³/mol. The molecule has 0 radical (unpaired) electrons. The largest absolute Gasteiger partial charge is 0.448 e. The number of benzene rings is 2. The van der Waals surface area contributed by atoms with Gasteiger partial charge >= 0.3 is 12.1 Å². The number of thioether (sulfide) groups is 1. The monoisotopic (exact) mass is 690 g/mol. The molecule has 4 atom stereocenters. The molecule has 5 N–H and O–H groups in total. The van der Waals surface area contributed by atoms with Gasteiger partial charge in [-0.1, -0.05) is 48.9 Å². The van der Waals surface area contributed by atoms with Crippen molar-refractivity contribution < 1.29 is 38.3 Å². The molecule has 258 valence electrons. The fourth-order valence-electron chi connectivity index (χ4n) is 6.80. The Balaban J connectivity index is 0.926. The van der Waals surface area contributed by atoms with Crippen molar-refractivity contribution in [1.82, 2.24) is 31.5 Å². The highest BCUT2D eigenvalue weighted by Crippen LogP contribution is 2.46. The van der Waals surface area contributed by atoms with E-state index in [2.05, 4.69) is 26.6 Å². The van der Waals surface area contributed by atoms with Crippen molar-refractivity contribution in [2.45, 2.75) is 68.3 Å². The van der Waals surface area contributed by atoms with E-state index >= 15 is 0 Å². The zero-order chi connectivity index (χ0) is 34.5. The molecular weight excluding hydrogens is 652 g/mol.